The fraction of sp³-hybridized carbons (Fsp3) is 0.474. The summed E-state index contributed by atoms with van der Waals surface area (Å²) >= 11 is 1.67. The second-order valence-electron chi connectivity index (χ2n) is 7.22. The molecule has 1 aliphatic carbocycles. The molecule has 2 aliphatic rings. The van der Waals surface area contributed by atoms with E-state index in [0.29, 0.717) is 22.6 Å². The molecule has 0 amide bonds. The summed E-state index contributed by atoms with van der Waals surface area (Å²) in [5.74, 6) is 1.30. The molecule has 5 rings (SSSR count). The van der Waals surface area contributed by atoms with Crippen molar-refractivity contribution in [3.05, 3.63) is 45.5 Å². The van der Waals surface area contributed by atoms with Gasteiger partial charge in [-0.1, -0.05) is 23.5 Å². The quantitative estimate of drug-likeness (QED) is 0.729. The summed E-state index contributed by atoms with van der Waals surface area (Å²) in [6.45, 7) is 1.04. The number of aliphatic hydroxyl groups excluding tert-OH is 1. The molecule has 0 spiro atoms. The molecule has 1 atom stereocenters. The molecule has 7 nitrogen and oxygen atoms in total. The second-order valence-corrected chi connectivity index (χ2v) is 8.20. The van der Waals surface area contributed by atoms with Gasteiger partial charge >= 0.3 is 0 Å². The van der Waals surface area contributed by atoms with Crippen LogP contribution in [0.25, 0.3) is 10.9 Å². The SMILES string of the molecule is O=c1c2ccccc2nc(C2CCCN2c2nnc(C3CC3)s2)n1CCO. The maximum absolute atomic E-state index is 13.0. The molecule has 8 heteroatoms. The fourth-order valence-corrected chi connectivity index (χ4v) is 4.95. The molecule has 0 radical (unpaired) electrons. The molecule has 3 aromatic rings. The van der Waals surface area contributed by atoms with Crippen LogP contribution in [0.1, 0.15) is 48.5 Å². The molecule has 1 unspecified atom stereocenters. The standard InChI is InChI=1S/C19H21N5O2S/c25-11-10-24-16(20-14-5-2-1-4-13(14)18(24)26)15-6-3-9-23(15)19-22-21-17(27-19)12-7-8-12/h1-2,4-5,12,15,25H,3,6-11H2. The Kier molecular flexibility index (Phi) is 4.17. The molecule has 1 aliphatic heterocycles. The van der Waals surface area contributed by atoms with Crippen LogP contribution < -0.4 is 10.5 Å². The molecule has 1 N–H and O–H groups in total. The summed E-state index contributed by atoms with van der Waals surface area (Å²) in [6.07, 6.45) is 4.35. The minimum Gasteiger partial charge on any atom is -0.395 e. The Labute approximate surface area is 160 Å². The van der Waals surface area contributed by atoms with Crippen LogP contribution in [0, 0.1) is 0 Å². The normalized spacial score (nSPS) is 19.9. The zero-order chi connectivity index (χ0) is 18.4. The lowest BCUT2D eigenvalue weighted by molar-refractivity contribution is 0.270. The average molecular weight is 383 g/mol. The molecule has 1 saturated heterocycles. The van der Waals surface area contributed by atoms with E-state index in [1.54, 1.807) is 22.0 Å². The molecule has 1 saturated carbocycles. The highest BCUT2D eigenvalue weighted by Crippen LogP contribution is 2.44. The van der Waals surface area contributed by atoms with Crippen molar-refractivity contribution in [1.82, 2.24) is 19.7 Å². The van der Waals surface area contributed by atoms with Gasteiger partial charge in [-0.05, 0) is 37.8 Å². The lowest BCUT2D eigenvalue weighted by atomic mass is 10.1. The summed E-state index contributed by atoms with van der Waals surface area (Å²) in [7, 11) is 0. The van der Waals surface area contributed by atoms with E-state index in [1.807, 2.05) is 18.2 Å². The van der Waals surface area contributed by atoms with E-state index in [4.69, 9.17) is 4.98 Å². The van der Waals surface area contributed by atoms with E-state index in [0.717, 1.165) is 29.5 Å². The van der Waals surface area contributed by atoms with Crippen molar-refractivity contribution in [2.75, 3.05) is 18.1 Å². The number of fused-ring (bicyclic) bond motifs is 1. The Hall–Kier alpha value is -2.32. The average Bonchev–Trinajstić information content (AvgIpc) is 3.22. The van der Waals surface area contributed by atoms with Crippen molar-refractivity contribution in [2.24, 2.45) is 0 Å². The molecule has 2 aromatic heterocycles. The van der Waals surface area contributed by atoms with Gasteiger partial charge in [-0.15, -0.1) is 10.2 Å². The Morgan fingerprint density at radius 3 is 2.85 bits per heavy atom. The van der Waals surface area contributed by atoms with Crippen LogP contribution in [0.3, 0.4) is 0 Å². The maximum Gasteiger partial charge on any atom is 0.261 e. The first-order chi connectivity index (χ1) is 13.3. The van der Waals surface area contributed by atoms with Crippen LogP contribution >= 0.6 is 11.3 Å². The molecule has 27 heavy (non-hydrogen) atoms. The van der Waals surface area contributed by atoms with Gasteiger partial charge in [0.15, 0.2) is 0 Å². The van der Waals surface area contributed by atoms with Crippen LogP contribution in [0.5, 0.6) is 0 Å². The van der Waals surface area contributed by atoms with E-state index in [9.17, 15) is 9.90 Å². The molecule has 140 valence electrons. The zero-order valence-corrected chi connectivity index (χ0v) is 15.7. The number of para-hydroxylation sites is 1. The van der Waals surface area contributed by atoms with Gasteiger partial charge in [-0.2, -0.15) is 0 Å². The summed E-state index contributed by atoms with van der Waals surface area (Å²) in [6, 6.07) is 7.39. The van der Waals surface area contributed by atoms with Crippen molar-refractivity contribution in [3.8, 4) is 0 Å². The Morgan fingerprint density at radius 1 is 1.19 bits per heavy atom. The van der Waals surface area contributed by atoms with Crippen molar-refractivity contribution < 1.29 is 5.11 Å². The maximum atomic E-state index is 13.0. The van der Waals surface area contributed by atoms with E-state index in [-0.39, 0.29) is 24.8 Å². The van der Waals surface area contributed by atoms with E-state index in [2.05, 4.69) is 15.1 Å². The van der Waals surface area contributed by atoms with E-state index < -0.39 is 0 Å². The summed E-state index contributed by atoms with van der Waals surface area (Å²) in [4.78, 5) is 20.1. The number of nitrogens with zero attached hydrogens (tertiary/aromatic N) is 5. The van der Waals surface area contributed by atoms with Crippen molar-refractivity contribution in [3.63, 3.8) is 0 Å². The van der Waals surface area contributed by atoms with Gasteiger partial charge in [0.2, 0.25) is 5.13 Å². The van der Waals surface area contributed by atoms with Gasteiger partial charge in [0, 0.05) is 12.5 Å². The molecule has 3 heterocycles. The van der Waals surface area contributed by atoms with Crippen LogP contribution in [0.4, 0.5) is 5.13 Å². The largest absolute Gasteiger partial charge is 0.395 e. The fourth-order valence-electron chi connectivity index (χ4n) is 3.86. The molecular formula is C19H21N5O2S. The summed E-state index contributed by atoms with van der Waals surface area (Å²) < 4.78 is 1.63. The van der Waals surface area contributed by atoms with Crippen LogP contribution in [-0.2, 0) is 6.54 Å². The highest BCUT2D eigenvalue weighted by atomic mass is 32.1. The predicted molar refractivity (Wildman–Crippen MR) is 104 cm³/mol. The molecular weight excluding hydrogens is 362 g/mol. The Bertz CT molecular complexity index is 1040. The lowest BCUT2D eigenvalue weighted by Crippen LogP contribution is -2.33. The lowest BCUT2D eigenvalue weighted by Gasteiger charge is -2.25. The number of benzene rings is 1. The number of hydrogen-bond donors (Lipinski definition) is 1. The van der Waals surface area contributed by atoms with Gasteiger partial charge < -0.3 is 10.0 Å². The Morgan fingerprint density at radius 2 is 2.04 bits per heavy atom. The molecule has 2 fully saturated rings. The third kappa shape index (κ3) is 2.93. The van der Waals surface area contributed by atoms with Crippen molar-refractivity contribution >= 4 is 27.4 Å². The monoisotopic (exact) mass is 383 g/mol. The highest BCUT2D eigenvalue weighted by Gasteiger charge is 2.34. The van der Waals surface area contributed by atoms with Crippen molar-refractivity contribution in [1.29, 1.82) is 0 Å². The van der Waals surface area contributed by atoms with Crippen LogP contribution in [0.15, 0.2) is 29.1 Å². The number of hydrogen-bond acceptors (Lipinski definition) is 7. The van der Waals surface area contributed by atoms with Gasteiger partial charge in [-0.25, -0.2) is 4.98 Å². The van der Waals surface area contributed by atoms with Crippen molar-refractivity contribution in [2.45, 2.75) is 44.2 Å². The number of aromatic nitrogens is 4. The van der Waals surface area contributed by atoms with Crippen LogP contribution in [0.2, 0.25) is 0 Å². The van der Waals surface area contributed by atoms with Gasteiger partial charge in [0.25, 0.3) is 5.56 Å². The number of rotatable bonds is 5. The first kappa shape index (κ1) is 16.8. The van der Waals surface area contributed by atoms with E-state index in [1.165, 1.54) is 12.8 Å². The van der Waals surface area contributed by atoms with Gasteiger partial charge in [-0.3, -0.25) is 9.36 Å². The molecule has 1 aromatic carbocycles. The second kappa shape index (κ2) is 6.69. The summed E-state index contributed by atoms with van der Waals surface area (Å²) in [5, 5.41) is 20.9. The smallest absolute Gasteiger partial charge is 0.261 e. The van der Waals surface area contributed by atoms with Gasteiger partial charge in [0.05, 0.1) is 30.1 Å². The Balaban J connectivity index is 1.59. The first-order valence-corrected chi connectivity index (χ1v) is 10.3. The predicted octanol–water partition coefficient (Wildman–Crippen LogP) is 2.46. The van der Waals surface area contributed by atoms with Gasteiger partial charge in [0.1, 0.15) is 10.8 Å². The number of aliphatic hydroxyl groups is 1. The summed E-state index contributed by atoms with van der Waals surface area (Å²) in [5.41, 5.74) is 0.613. The topological polar surface area (TPSA) is 84.1 Å². The third-order valence-electron chi connectivity index (χ3n) is 5.37. The zero-order valence-electron chi connectivity index (χ0n) is 14.9. The van der Waals surface area contributed by atoms with Crippen LogP contribution in [-0.4, -0.2) is 38.0 Å². The highest BCUT2D eigenvalue weighted by molar-refractivity contribution is 7.15. The molecule has 0 bridgehead atoms. The minimum absolute atomic E-state index is 0.0196. The number of anilines is 1. The third-order valence-corrected chi connectivity index (χ3v) is 6.49. The first-order valence-electron chi connectivity index (χ1n) is 9.46. The minimum atomic E-state index is -0.0930. The van der Waals surface area contributed by atoms with E-state index >= 15 is 0 Å².